The SMILES string of the molecule is C=NC(=C1COC(=O)C1=C(C)CC)C(C)C. The summed E-state index contributed by atoms with van der Waals surface area (Å²) in [4.78, 5) is 15.7. The second kappa shape index (κ2) is 5.10. The lowest BCUT2D eigenvalue weighted by molar-refractivity contribution is -0.135. The van der Waals surface area contributed by atoms with Gasteiger partial charge in [-0.2, -0.15) is 0 Å². The van der Waals surface area contributed by atoms with Gasteiger partial charge in [-0.1, -0.05) is 26.3 Å². The van der Waals surface area contributed by atoms with Crippen LogP contribution in [0, 0.1) is 5.92 Å². The van der Waals surface area contributed by atoms with E-state index in [9.17, 15) is 4.79 Å². The molecule has 3 nitrogen and oxygen atoms in total. The summed E-state index contributed by atoms with van der Waals surface area (Å²) in [6, 6.07) is 0. The van der Waals surface area contributed by atoms with Gasteiger partial charge in [-0.25, -0.2) is 4.79 Å². The Kier molecular flexibility index (Phi) is 4.05. The maximum Gasteiger partial charge on any atom is 0.338 e. The topological polar surface area (TPSA) is 38.7 Å². The third kappa shape index (κ3) is 2.23. The molecule has 88 valence electrons. The maximum absolute atomic E-state index is 11.7. The van der Waals surface area contributed by atoms with E-state index in [1.54, 1.807) is 0 Å². The molecule has 0 atom stereocenters. The van der Waals surface area contributed by atoms with E-state index >= 15 is 0 Å². The number of nitrogens with zero attached hydrogens (tertiary/aromatic N) is 1. The fourth-order valence-electron chi connectivity index (χ4n) is 1.84. The molecule has 0 unspecified atom stereocenters. The first-order valence-electron chi connectivity index (χ1n) is 5.59. The van der Waals surface area contributed by atoms with Crippen LogP contribution < -0.4 is 0 Å². The fourth-order valence-corrected chi connectivity index (χ4v) is 1.84. The first-order valence-corrected chi connectivity index (χ1v) is 5.59. The number of hydrogen-bond acceptors (Lipinski definition) is 3. The van der Waals surface area contributed by atoms with Crippen molar-refractivity contribution in [3.8, 4) is 0 Å². The van der Waals surface area contributed by atoms with Gasteiger partial charge in [0.15, 0.2) is 0 Å². The number of allylic oxidation sites excluding steroid dienone is 2. The summed E-state index contributed by atoms with van der Waals surface area (Å²) >= 11 is 0. The molecule has 1 heterocycles. The van der Waals surface area contributed by atoms with Crippen molar-refractivity contribution in [3.05, 3.63) is 22.4 Å². The zero-order chi connectivity index (χ0) is 12.3. The van der Waals surface area contributed by atoms with E-state index in [0.29, 0.717) is 12.2 Å². The summed E-state index contributed by atoms with van der Waals surface area (Å²) in [5.74, 6) is 0.0257. The smallest absolute Gasteiger partial charge is 0.338 e. The summed E-state index contributed by atoms with van der Waals surface area (Å²) in [5.41, 5.74) is 3.54. The molecular weight excluding hydrogens is 202 g/mol. The molecule has 0 amide bonds. The molecule has 0 aromatic heterocycles. The number of rotatable bonds is 3. The number of carbonyl (C=O) groups is 1. The van der Waals surface area contributed by atoms with Crippen LogP contribution in [0.2, 0.25) is 0 Å². The molecule has 1 aliphatic rings. The van der Waals surface area contributed by atoms with Gasteiger partial charge < -0.3 is 4.74 Å². The van der Waals surface area contributed by atoms with Crippen molar-refractivity contribution >= 4 is 12.7 Å². The van der Waals surface area contributed by atoms with Gasteiger partial charge in [0.25, 0.3) is 0 Å². The second-order valence-electron chi connectivity index (χ2n) is 4.26. The largest absolute Gasteiger partial charge is 0.457 e. The van der Waals surface area contributed by atoms with E-state index in [-0.39, 0.29) is 11.9 Å². The van der Waals surface area contributed by atoms with Gasteiger partial charge in [0.2, 0.25) is 0 Å². The maximum atomic E-state index is 11.7. The number of cyclic esters (lactones) is 1. The molecule has 1 rings (SSSR count). The summed E-state index contributed by atoms with van der Waals surface area (Å²) in [6.07, 6.45) is 0.844. The standard InChI is InChI=1S/C13H19NO2/c1-6-9(4)11-10(7-16-13(11)15)12(14-5)8(2)3/h8H,5-7H2,1-4H3. The van der Waals surface area contributed by atoms with Crippen LogP contribution in [0.15, 0.2) is 27.4 Å². The van der Waals surface area contributed by atoms with Gasteiger partial charge in [0, 0.05) is 11.3 Å². The number of esters is 1. The van der Waals surface area contributed by atoms with E-state index in [1.807, 2.05) is 27.7 Å². The molecule has 16 heavy (non-hydrogen) atoms. The second-order valence-corrected chi connectivity index (χ2v) is 4.26. The Balaban J connectivity index is 3.34. The number of hydrogen-bond donors (Lipinski definition) is 0. The third-order valence-corrected chi connectivity index (χ3v) is 2.84. The highest BCUT2D eigenvalue weighted by Gasteiger charge is 2.29. The molecule has 0 radical (unpaired) electrons. The van der Waals surface area contributed by atoms with E-state index in [4.69, 9.17) is 4.74 Å². The van der Waals surface area contributed by atoms with Crippen LogP contribution in [-0.2, 0) is 9.53 Å². The first kappa shape index (κ1) is 12.7. The van der Waals surface area contributed by atoms with Crippen LogP contribution in [0.25, 0.3) is 0 Å². The molecule has 0 aromatic carbocycles. The quantitative estimate of drug-likeness (QED) is 0.417. The lowest BCUT2D eigenvalue weighted by Crippen LogP contribution is -2.02. The van der Waals surface area contributed by atoms with Gasteiger partial charge in [0.1, 0.15) is 6.61 Å². The Morgan fingerprint density at radius 3 is 2.62 bits per heavy atom. The van der Waals surface area contributed by atoms with Crippen LogP contribution >= 0.6 is 0 Å². The molecule has 1 saturated heterocycles. The van der Waals surface area contributed by atoms with E-state index in [2.05, 4.69) is 11.7 Å². The molecule has 0 aliphatic carbocycles. The van der Waals surface area contributed by atoms with Crippen LogP contribution in [-0.4, -0.2) is 19.3 Å². The van der Waals surface area contributed by atoms with Crippen molar-refractivity contribution in [3.63, 3.8) is 0 Å². The monoisotopic (exact) mass is 221 g/mol. The molecule has 0 saturated carbocycles. The van der Waals surface area contributed by atoms with Gasteiger partial charge in [0.05, 0.1) is 5.57 Å². The highest BCUT2D eigenvalue weighted by molar-refractivity contribution is 5.97. The highest BCUT2D eigenvalue weighted by atomic mass is 16.5. The van der Waals surface area contributed by atoms with Crippen LogP contribution in [0.4, 0.5) is 0 Å². The van der Waals surface area contributed by atoms with Crippen molar-refractivity contribution in [1.82, 2.24) is 0 Å². The van der Waals surface area contributed by atoms with Crippen LogP contribution in [0.1, 0.15) is 34.1 Å². The minimum absolute atomic E-state index is 0.226. The number of carbonyl (C=O) groups excluding carboxylic acids is 1. The molecule has 0 aromatic rings. The van der Waals surface area contributed by atoms with E-state index in [1.165, 1.54) is 0 Å². The Labute approximate surface area is 96.9 Å². The lowest BCUT2D eigenvalue weighted by Gasteiger charge is -2.10. The molecule has 0 N–H and O–H groups in total. The summed E-state index contributed by atoms with van der Waals surface area (Å²) < 4.78 is 5.09. The highest BCUT2D eigenvalue weighted by Crippen LogP contribution is 2.31. The van der Waals surface area contributed by atoms with E-state index in [0.717, 1.165) is 23.3 Å². The van der Waals surface area contributed by atoms with Crippen molar-refractivity contribution in [2.45, 2.75) is 34.1 Å². The fraction of sp³-hybridized carbons (Fsp3) is 0.538. The number of aliphatic imine (C=N–C) groups is 1. The molecule has 1 fully saturated rings. The summed E-state index contributed by atoms with van der Waals surface area (Å²) in [7, 11) is 0. The zero-order valence-corrected chi connectivity index (χ0v) is 10.5. The Morgan fingerprint density at radius 2 is 2.19 bits per heavy atom. The van der Waals surface area contributed by atoms with Crippen molar-refractivity contribution in [2.75, 3.05) is 6.61 Å². The van der Waals surface area contributed by atoms with Crippen molar-refractivity contribution < 1.29 is 9.53 Å². The third-order valence-electron chi connectivity index (χ3n) is 2.84. The van der Waals surface area contributed by atoms with Crippen molar-refractivity contribution in [2.24, 2.45) is 10.9 Å². The van der Waals surface area contributed by atoms with E-state index < -0.39 is 0 Å². The van der Waals surface area contributed by atoms with Gasteiger partial charge in [-0.3, -0.25) is 4.99 Å². The molecular formula is C13H19NO2. The Hall–Kier alpha value is -1.38. The molecule has 3 heteroatoms. The number of ether oxygens (including phenoxy) is 1. The first-order chi connectivity index (χ1) is 7.52. The van der Waals surface area contributed by atoms with Crippen molar-refractivity contribution in [1.29, 1.82) is 0 Å². The van der Waals surface area contributed by atoms with Gasteiger partial charge in [-0.05, 0) is 26.0 Å². The molecule has 0 spiro atoms. The predicted octanol–water partition coefficient (Wildman–Crippen LogP) is 2.88. The average molecular weight is 221 g/mol. The molecule has 0 bridgehead atoms. The normalized spacial score (nSPS) is 22.2. The van der Waals surface area contributed by atoms with Gasteiger partial charge >= 0.3 is 5.97 Å². The summed E-state index contributed by atoms with van der Waals surface area (Å²) in [6.45, 7) is 12.0. The lowest BCUT2D eigenvalue weighted by atomic mass is 9.96. The Morgan fingerprint density at radius 1 is 1.56 bits per heavy atom. The minimum atomic E-state index is -0.226. The Bertz CT molecular complexity index is 375. The molecule has 1 aliphatic heterocycles. The van der Waals surface area contributed by atoms with Crippen LogP contribution in [0.5, 0.6) is 0 Å². The van der Waals surface area contributed by atoms with Crippen LogP contribution in [0.3, 0.4) is 0 Å². The predicted molar refractivity (Wildman–Crippen MR) is 65.4 cm³/mol. The van der Waals surface area contributed by atoms with Gasteiger partial charge in [-0.15, -0.1) is 0 Å². The summed E-state index contributed by atoms with van der Waals surface area (Å²) in [5, 5.41) is 0. The average Bonchev–Trinajstić information content (AvgIpc) is 2.60. The zero-order valence-electron chi connectivity index (χ0n) is 10.5. The minimum Gasteiger partial charge on any atom is -0.457 e.